The predicted molar refractivity (Wildman–Crippen MR) is 123 cm³/mol. The Hall–Kier alpha value is -0.320. The van der Waals surface area contributed by atoms with Gasteiger partial charge < -0.3 is 19.9 Å². The van der Waals surface area contributed by atoms with Crippen LogP contribution in [0.1, 0.15) is 62.3 Å². The molecule has 4 rings (SSSR count). The van der Waals surface area contributed by atoms with Gasteiger partial charge in [0.2, 0.25) is 0 Å². The average Bonchev–Trinajstić information content (AvgIpc) is 3.28. The number of piperidine rings is 1. The Morgan fingerprint density at radius 1 is 0.656 bits per heavy atom. The summed E-state index contributed by atoms with van der Waals surface area (Å²) < 4.78 is 0. The minimum Gasteiger partial charge on any atom is -0.375 e. The van der Waals surface area contributed by atoms with Crippen LogP contribution in [0.5, 0.6) is 0 Å². The minimum absolute atomic E-state index is 0.0204. The molecule has 0 aromatic heterocycles. The molecule has 0 amide bonds. The highest BCUT2D eigenvalue weighted by atomic mass is 16.7. The highest BCUT2D eigenvalue weighted by molar-refractivity contribution is 5.30. The fourth-order valence-corrected chi connectivity index (χ4v) is 8.67. The highest BCUT2D eigenvalue weighted by Crippen LogP contribution is 2.70. The first-order valence-corrected chi connectivity index (χ1v) is 12.1. The molecule has 4 unspecified atom stereocenters. The molecule has 0 spiro atoms. The Kier molecular flexibility index (Phi) is 5.33. The first kappa shape index (κ1) is 24.8. The molecule has 4 fully saturated rings. The number of rotatable bonds is 4. The van der Waals surface area contributed by atoms with E-state index in [4.69, 9.17) is 9.68 Å². The Morgan fingerprint density at radius 2 is 1.06 bits per heavy atom. The van der Waals surface area contributed by atoms with E-state index in [0.717, 1.165) is 13.1 Å². The van der Waals surface area contributed by atoms with Crippen LogP contribution in [-0.2, 0) is 9.68 Å². The van der Waals surface area contributed by atoms with Crippen LogP contribution in [0.3, 0.4) is 0 Å². The second kappa shape index (κ2) is 6.88. The molecule has 1 saturated carbocycles. The van der Waals surface area contributed by atoms with E-state index < -0.39 is 17.0 Å². The summed E-state index contributed by atoms with van der Waals surface area (Å²) in [5, 5.41) is 28.1. The van der Waals surface area contributed by atoms with Gasteiger partial charge in [0.15, 0.2) is 0 Å². The Balaban J connectivity index is 1.54. The van der Waals surface area contributed by atoms with E-state index in [-0.39, 0.29) is 34.4 Å². The summed E-state index contributed by atoms with van der Waals surface area (Å²) >= 11 is 0. The molecule has 0 aromatic carbocycles. The minimum atomic E-state index is -1.04. The van der Waals surface area contributed by atoms with Crippen LogP contribution in [0.4, 0.5) is 0 Å². The summed E-state index contributed by atoms with van der Waals surface area (Å²) in [5.74, 6) is 0.238. The zero-order chi connectivity index (χ0) is 24.3. The lowest BCUT2D eigenvalue weighted by Gasteiger charge is -2.53. The van der Waals surface area contributed by atoms with Crippen molar-refractivity contribution in [3.05, 3.63) is 0 Å². The smallest absolute Gasteiger partial charge is 0.143 e. The molecule has 32 heavy (non-hydrogen) atoms. The van der Waals surface area contributed by atoms with E-state index >= 15 is 0 Å². The molecule has 1 aliphatic carbocycles. The van der Waals surface area contributed by atoms with Crippen molar-refractivity contribution in [2.75, 3.05) is 40.4 Å². The predicted octanol–water partition coefficient (Wildman–Crippen LogP) is 1.73. The number of hydrogen-bond donors (Lipinski definition) is 2. The van der Waals surface area contributed by atoms with Crippen LogP contribution in [0.2, 0.25) is 0 Å². The Labute approximate surface area is 194 Å². The Morgan fingerprint density at radius 3 is 1.44 bits per heavy atom. The van der Waals surface area contributed by atoms with E-state index in [9.17, 15) is 10.2 Å². The third-order valence-electron chi connectivity index (χ3n) is 9.94. The molecule has 0 bridgehead atoms. The summed E-state index contributed by atoms with van der Waals surface area (Å²) in [6.45, 7) is 22.1. The normalized spacial score (nSPS) is 45.8. The van der Waals surface area contributed by atoms with Gasteiger partial charge in [-0.15, -0.1) is 0 Å². The monoisotopic (exact) mass is 454 g/mol. The second-order valence-corrected chi connectivity index (χ2v) is 12.6. The lowest BCUT2D eigenvalue weighted by Crippen LogP contribution is -2.69. The molecule has 0 radical (unpaired) electrons. The summed E-state index contributed by atoms with van der Waals surface area (Å²) in [5.41, 5.74) is -3.26. The fraction of sp³-hybridized carbons (Fsp3) is 1.00. The Bertz CT molecular complexity index is 739. The molecule has 4 atom stereocenters. The van der Waals surface area contributed by atoms with Crippen molar-refractivity contribution in [2.45, 2.75) is 95.9 Å². The number of hydrogen-bond acceptors (Lipinski definition) is 8. The molecule has 3 saturated heterocycles. The van der Waals surface area contributed by atoms with Crippen LogP contribution in [0.25, 0.3) is 0 Å². The van der Waals surface area contributed by atoms with Crippen molar-refractivity contribution in [3.63, 3.8) is 0 Å². The quantitative estimate of drug-likeness (QED) is 0.666. The summed E-state index contributed by atoms with van der Waals surface area (Å²) in [6.07, 6.45) is 0. The maximum atomic E-state index is 12.1. The van der Waals surface area contributed by atoms with Crippen LogP contribution < -0.4 is 0 Å². The van der Waals surface area contributed by atoms with Gasteiger partial charge in [-0.2, -0.15) is 10.1 Å². The largest absolute Gasteiger partial charge is 0.375 e. The van der Waals surface area contributed by atoms with Crippen molar-refractivity contribution in [1.82, 2.24) is 19.9 Å². The topological polar surface area (TPSA) is 71.9 Å². The van der Waals surface area contributed by atoms with Gasteiger partial charge >= 0.3 is 0 Å². The number of fused-ring (bicyclic) bond motifs is 1. The van der Waals surface area contributed by atoms with Gasteiger partial charge in [-0.3, -0.25) is 9.80 Å². The van der Waals surface area contributed by atoms with Gasteiger partial charge in [0.05, 0.1) is 19.8 Å². The number of aliphatic hydroxyl groups is 2. The average molecular weight is 455 g/mol. The summed E-state index contributed by atoms with van der Waals surface area (Å²) in [4.78, 5) is 16.0. The lowest BCUT2D eigenvalue weighted by molar-refractivity contribution is -0.270. The third kappa shape index (κ3) is 2.61. The standard InChI is InChI=1S/C24H46N4O4/c1-16-19(2,3)28(32-11)22(8,9)24(16,30)26-14-12-25(13-15-26)23(29)17-18(23)21(6,7)27(31-10)20(17,4)5/h16-18,29-30H,12-15H2,1-11H3. The zero-order valence-electron chi connectivity index (χ0n) is 22.1. The van der Waals surface area contributed by atoms with Crippen LogP contribution in [0.15, 0.2) is 0 Å². The molecule has 8 heteroatoms. The third-order valence-corrected chi connectivity index (χ3v) is 9.94. The van der Waals surface area contributed by atoms with Crippen molar-refractivity contribution in [3.8, 4) is 0 Å². The van der Waals surface area contributed by atoms with Crippen LogP contribution in [-0.4, -0.2) is 104 Å². The van der Waals surface area contributed by atoms with Gasteiger partial charge in [0, 0.05) is 60.5 Å². The van der Waals surface area contributed by atoms with Crippen LogP contribution in [0, 0.1) is 17.8 Å². The van der Waals surface area contributed by atoms with Gasteiger partial charge in [0.1, 0.15) is 11.4 Å². The van der Waals surface area contributed by atoms with E-state index in [0.29, 0.717) is 13.1 Å². The van der Waals surface area contributed by atoms with E-state index in [2.05, 4.69) is 77.2 Å². The molecule has 0 aromatic rings. The summed E-state index contributed by atoms with van der Waals surface area (Å²) in [7, 11) is 3.41. The zero-order valence-corrected chi connectivity index (χ0v) is 22.1. The van der Waals surface area contributed by atoms with Crippen molar-refractivity contribution in [2.24, 2.45) is 17.8 Å². The molecule has 3 heterocycles. The first-order valence-electron chi connectivity index (χ1n) is 12.1. The molecular weight excluding hydrogens is 408 g/mol. The lowest BCUT2D eigenvalue weighted by atomic mass is 9.79. The van der Waals surface area contributed by atoms with Gasteiger partial charge in [-0.25, -0.2) is 0 Å². The highest BCUT2D eigenvalue weighted by Gasteiger charge is 2.83. The molecule has 4 aliphatic rings. The summed E-state index contributed by atoms with van der Waals surface area (Å²) in [6, 6.07) is 0. The SMILES string of the molecule is CON1C(C)(C)C2C(C1(C)C)C2(O)N1CCN(C2(O)C(C)C(C)(C)N(OC)C2(C)C)CC1. The van der Waals surface area contributed by atoms with Gasteiger partial charge in [-0.05, 0) is 55.4 Å². The maximum absolute atomic E-state index is 12.1. The second-order valence-electron chi connectivity index (χ2n) is 12.6. The number of hydroxylamine groups is 4. The molecule has 8 nitrogen and oxygen atoms in total. The molecule has 186 valence electrons. The molecule has 3 aliphatic heterocycles. The first-order chi connectivity index (χ1) is 14.5. The fourth-order valence-electron chi connectivity index (χ4n) is 8.67. The van der Waals surface area contributed by atoms with Gasteiger partial charge in [0.25, 0.3) is 0 Å². The number of piperazine rings is 1. The van der Waals surface area contributed by atoms with Gasteiger partial charge in [-0.1, -0.05) is 6.92 Å². The van der Waals surface area contributed by atoms with Crippen molar-refractivity contribution >= 4 is 0 Å². The van der Waals surface area contributed by atoms with Crippen LogP contribution >= 0.6 is 0 Å². The molecule has 2 N–H and O–H groups in total. The van der Waals surface area contributed by atoms with E-state index in [1.165, 1.54) is 0 Å². The van der Waals surface area contributed by atoms with Crippen molar-refractivity contribution in [1.29, 1.82) is 0 Å². The maximum Gasteiger partial charge on any atom is 0.143 e. The van der Waals surface area contributed by atoms with E-state index in [1.807, 2.05) is 5.06 Å². The van der Waals surface area contributed by atoms with Crippen molar-refractivity contribution < 1.29 is 19.9 Å². The van der Waals surface area contributed by atoms with E-state index in [1.54, 1.807) is 14.2 Å². The molecular formula is C24H46N4O4. The number of nitrogens with zero attached hydrogens (tertiary/aromatic N) is 4.